The summed E-state index contributed by atoms with van der Waals surface area (Å²) in [6.45, 7) is 6.95. The van der Waals surface area contributed by atoms with Gasteiger partial charge in [-0.2, -0.15) is 0 Å². The second-order valence-electron chi connectivity index (χ2n) is 5.02. The van der Waals surface area contributed by atoms with Crippen molar-refractivity contribution >= 4 is 0 Å². The van der Waals surface area contributed by atoms with E-state index in [1.54, 1.807) is 0 Å². The Bertz CT molecular complexity index is 202. The molecular weight excluding hydrogens is 216 g/mol. The van der Waals surface area contributed by atoms with Gasteiger partial charge in [0.05, 0.1) is 18.8 Å². The first-order chi connectivity index (χ1) is 8.38. The Morgan fingerprint density at radius 1 is 1.12 bits per heavy atom. The van der Waals surface area contributed by atoms with E-state index in [2.05, 4.69) is 17.6 Å². The highest BCUT2D eigenvalue weighted by Crippen LogP contribution is 2.22. The molecule has 2 rings (SSSR count). The monoisotopic (exact) mass is 242 g/mol. The Morgan fingerprint density at radius 3 is 2.59 bits per heavy atom. The fourth-order valence-corrected chi connectivity index (χ4v) is 2.55. The highest BCUT2D eigenvalue weighted by atomic mass is 16.5. The summed E-state index contributed by atoms with van der Waals surface area (Å²) in [5.41, 5.74) is 0. The Morgan fingerprint density at radius 2 is 1.88 bits per heavy atom. The first kappa shape index (κ1) is 13.3. The molecule has 1 aliphatic heterocycles. The highest BCUT2D eigenvalue weighted by molar-refractivity contribution is 4.85. The Kier molecular flexibility index (Phi) is 5.71. The molecule has 4 nitrogen and oxygen atoms in total. The molecule has 1 saturated carbocycles. The van der Waals surface area contributed by atoms with Crippen molar-refractivity contribution < 1.29 is 9.47 Å². The lowest BCUT2D eigenvalue weighted by Crippen LogP contribution is -2.46. The number of piperidine rings is 1. The van der Waals surface area contributed by atoms with E-state index in [0.29, 0.717) is 18.2 Å². The lowest BCUT2D eigenvalue weighted by molar-refractivity contribution is -0.0146. The van der Waals surface area contributed by atoms with Gasteiger partial charge in [-0.25, -0.2) is 0 Å². The van der Waals surface area contributed by atoms with E-state index in [9.17, 15) is 0 Å². The number of ether oxygens (including phenoxy) is 2. The predicted molar refractivity (Wildman–Crippen MR) is 68.3 cm³/mol. The van der Waals surface area contributed by atoms with Crippen molar-refractivity contribution in [2.75, 3.05) is 32.8 Å². The summed E-state index contributed by atoms with van der Waals surface area (Å²) in [5, 5.41) is 6.88. The molecule has 0 unspecified atom stereocenters. The Labute approximate surface area is 104 Å². The van der Waals surface area contributed by atoms with Crippen LogP contribution in [0.4, 0.5) is 0 Å². The van der Waals surface area contributed by atoms with Gasteiger partial charge in [-0.1, -0.05) is 0 Å². The van der Waals surface area contributed by atoms with Crippen LogP contribution in [-0.4, -0.2) is 51.1 Å². The molecule has 0 bridgehead atoms. The molecule has 4 heteroatoms. The van der Waals surface area contributed by atoms with Gasteiger partial charge in [-0.05, 0) is 45.7 Å². The van der Waals surface area contributed by atoms with Crippen molar-refractivity contribution in [2.24, 2.45) is 0 Å². The second kappa shape index (κ2) is 7.31. The van der Waals surface area contributed by atoms with Crippen LogP contribution in [0.5, 0.6) is 0 Å². The zero-order valence-corrected chi connectivity index (χ0v) is 10.9. The minimum absolute atomic E-state index is 0.482. The van der Waals surface area contributed by atoms with Crippen LogP contribution < -0.4 is 10.6 Å². The van der Waals surface area contributed by atoms with Crippen molar-refractivity contribution in [3.05, 3.63) is 0 Å². The van der Waals surface area contributed by atoms with Crippen LogP contribution in [0.25, 0.3) is 0 Å². The van der Waals surface area contributed by atoms with Gasteiger partial charge in [0.1, 0.15) is 0 Å². The van der Waals surface area contributed by atoms with E-state index in [1.807, 2.05) is 0 Å². The van der Waals surface area contributed by atoms with Gasteiger partial charge in [0.2, 0.25) is 0 Å². The molecule has 2 aliphatic rings. The summed E-state index contributed by atoms with van der Waals surface area (Å²) in [6, 6.07) is 0.656. The Balaban J connectivity index is 1.42. The van der Waals surface area contributed by atoms with Crippen molar-refractivity contribution in [3.63, 3.8) is 0 Å². The van der Waals surface area contributed by atoms with Gasteiger partial charge in [-0.15, -0.1) is 0 Å². The molecule has 1 heterocycles. The fourth-order valence-electron chi connectivity index (χ4n) is 2.55. The zero-order chi connectivity index (χ0) is 11.9. The molecule has 0 atom stereocenters. The quantitative estimate of drug-likeness (QED) is 0.651. The normalized spacial score (nSPS) is 30.2. The third kappa shape index (κ3) is 4.54. The van der Waals surface area contributed by atoms with E-state index in [-0.39, 0.29) is 0 Å². The molecule has 17 heavy (non-hydrogen) atoms. The minimum atomic E-state index is 0.482. The minimum Gasteiger partial charge on any atom is -0.378 e. The van der Waals surface area contributed by atoms with Crippen LogP contribution in [-0.2, 0) is 9.47 Å². The first-order valence-electron chi connectivity index (χ1n) is 7.05. The largest absolute Gasteiger partial charge is 0.378 e. The predicted octanol–water partition coefficient (Wildman–Crippen LogP) is 0.912. The molecule has 0 aromatic carbocycles. The van der Waals surface area contributed by atoms with Gasteiger partial charge in [0.25, 0.3) is 0 Å². The van der Waals surface area contributed by atoms with Gasteiger partial charge < -0.3 is 20.1 Å². The topological polar surface area (TPSA) is 42.5 Å². The van der Waals surface area contributed by atoms with Gasteiger partial charge in [0.15, 0.2) is 0 Å². The molecular formula is C13H26N2O2. The summed E-state index contributed by atoms with van der Waals surface area (Å²) in [5.74, 6) is 0. The molecule has 0 aromatic heterocycles. The van der Waals surface area contributed by atoms with Crippen molar-refractivity contribution in [1.29, 1.82) is 0 Å². The molecule has 0 radical (unpaired) electrons. The molecule has 2 N–H and O–H groups in total. The molecule has 0 aromatic rings. The van der Waals surface area contributed by atoms with Crippen LogP contribution in [0.3, 0.4) is 0 Å². The maximum atomic E-state index is 5.84. The average molecular weight is 242 g/mol. The maximum Gasteiger partial charge on any atom is 0.0604 e. The van der Waals surface area contributed by atoms with Crippen LogP contribution in [0.15, 0.2) is 0 Å². The lowest BCUT2D eigenvalue weighted by Gasteiger charge is -2.35. The highest BCUT2D eigenvalue weighted by Gasteiger charge is 2.28. The van der Waals surface area contributed by atoms with Gasteiger partial charge in [-0.3, -0.25) is 0 Å². The Hall–Kier alpha value is -0.160. The summed E-state index contributed by atoms with van der Waals surface area (Å²) in [6.07, 6.45) is 5.65. The lowest BCUT2D eigenvalue weighted by atomic mass is 9.89. The molecule has 2 fully saturated rings. The number of hydrogen-bond acceptors (Lipinski definition) is 4. The van der Waals surface area contributed by atoms with Crippen LogP contribution in [0.2, 0.25) is 0 Å². The van der Waals surface area contributed by atoms with Crippen molar-refractivity contribution in [2.45, 2.75) is 50.9 Å². The molecule has 1 saturated heterocycles. The first-order valence-corrected chi connectivity index (χ1v) is 7.05. The van der Waals surface area contributed by atoms with Crippen LogP contribution in [0.1, 0.15) is 32.6 Å². The molecule has 1 aliphatic carbocycles. The summed E-state index contributed by atoms with van der Waals surface area (Å²) >= 11 is 0. The number of rotatable bonds is 7. The zero-order valence-electron chi connectivity index (χ0n) is 10.9. The van der Waals surface area contributed by atoms with Crippen LogP contribution in [0, 0.1) is 0 Å². The van der Waals surface area contributed by atoms with Gasteiger partial charge >= 0.3 is 0 Å². The number of nitrogens with one attached hydrogen (secondary N) is 2. The van der Waals surface area contributed by atoms with Crippen molar-refractivity contribution in [1.82, 2.24) is 10.6 Å². The molecule has 0 spiro atoms. The third-order valence-corrected chi connectivity index (χ3v) is 3.67. The number of hydrogen-bond donors (Lipinski definition) is 2. The maximum absolute atomic E-state index is 5.84. The fraction of sp³-hybridized carbons (Fsp3) is 1.00. The van der Waals surface area contributed by atoms with E-state index in [0.717, 1.165) is 45.7 Å². The van der Waals surface area contributed by atoms with E-state index < -0.39 is 0 Å². The van der Waals surface area contributed by atoms with E-state index in [1.165, 1.54) is 12.8 Å². The van der Waals surface area contributed by atoms with Crippen LogP contribution >= 0.6 is 0 Å². The smallest absolute Gasteiger partial charge is 0.0604 e. The summed E-state index contributed by atoms with van der Waals surface area (Å²) in [4.78, 5) is 0. The third-order valence-electron chi connectivity index (χ3n) is 3.67. The van der Waals surface area contributed by atoms with Crippen molar-refractivity contribution in [3.8, 4) is 0 Å². The van der Waals surface area contributed by atoms with Gasteiger partial charge in [0, 0.05) is 19.2 Å². The average Bonchev–Trinajstić information content (AvgIpc) is 2.32. The summed E-state index contributed by atoms with van der Waals surface area (Å²) < 4.78 is 11.4. The SMILES string of the molecule is CCOC1CC(NCCOC2CCNCC2)C1. The molecule has 100 valence electrons. The molecule has 0 amide bonds. The standard InChI is InChI=1S/C13H26N2O2/c1-2-16-13-9-11(10-13)15-7-8-17-12-3-5-14-6-4-12/h11-15H,2-10H2,1H3. The van der Waals surface area contributed by atoms with E-state index >= 15 is 0 Å². The summed E-state index contributed by atoms with van der Waals surface area (Å²) in [7, 11) is 0. The van der Waals surface area contributed by atoms with E-state index in [4.69, 9.17) is 9.47 Å². The second-order valence-corrected chi connectivity index (χ2v) is 5.02.